The van der Waals surface area contributed by atoms with Gasteiger partial charge in [-0.3, -0.25) is 4.79 Å². The second kappa shape index (κ2) is 5.68. The summed E-state index contributed by atoms with van der Waals surface area (Å²) in [6.45, 7) is 0. The normalized spacial score (nSPS) is 6.17. The quantitative estimate of drug-likeness (QED) is 0.496. The van der Waals surface area contributed by atoms with E-state index in [0.29, 0.717) is 0 Å². The van der Waals surface area contributed by atoms with E-state index in [-0.39, 0.29) is 33.2 Å². The SMILES string of the molecule is O=C(O)CCl.[Cd]. The first-order valence-corrected chi connectivity index (χ1v) is 1.58. The van der Waals surface area contributed by atoms with Gasteiger partial charge in [0, 0.05) is 27.3 Å². The molecule has 0 saturated carbocycles. The molecule has 0 aromatic heterocycles. The van der Waals surface area contributed by atoms with Gasteiger partial charge >= 0.3 is 5.97 Å². The molecular weight excluding hydrogens is 204 g/mol. The Morgan fingerprint density at radius 2 is 2.00 bits per heavy atom. The van der Waals surface area contributed by atoms with E-state index in [1.165, 1.54) is 0 Å². The molecule has 0 fully saturated rings. The van der Waals surface area contributed by atoms with Crippen LogP contribution in [0.15, 0.2) is 0 Å². The predicted molar refractivity (Wildman–Crippen MR) is 18.4 cm³/mol. The summed E-state index contributed by atoms with van der Waals surface area (Å²) in [5.74, 6) is -1.29. The minimum absolute atomic E-state index is 0. The summed E-state index contributed by atoms with van der Waals surface area (Å²) in [6.07, 6.45) is 0. The Bertz CT molecular complexity index is 46.8. The Balaban J connectivity index is 0. The fourth-order valence-electron chi connectivity index (χ4n) is 0. The molecule has 4 heteroatoms. The van der Waals surface area contributed by atoms with Crippen LogP contribution in [0, 0.1) is 0 Å². The summed E-state index contributed by atoms with van der Waals surface area (Å²) in [4.78, 5) is 9.24. The van der Waals surface area contributed by atoms with Crippen molar-refractivity contribution in [3.63, 3.8) is 0 Å². The predicted octanol–water partition coefficient (Wildman–Crippen LogP) is 0.307. The first-order chi connectivity index (χ1) is 2.27. The van der Waals surface area contributed by atoms with Gasteiger partial charge in [-0.1, -0.05) is 0 Å². The molecule has 0 saturated heterocycles. The van der Waals surface area contributed by atoms with Crippen molar-refractivity contribution in [3.8, 4) is 0 Å². The van der Waals surface area contributed by atoms with Crippen molar-refractivity contribution >= 4 is 17.6 Å². The van der Waals surface area contributed by atoms with Gasteiger partial charge in [0.25, 0.3) is 0 Å². The third kappa shape index (κ3) is 8.82. The molecule has 0 aromatic rings. The van der Waals surface area contributed by atoms with Crippen molar-refractivity contribution in [1.82, 2.24) is 0 Å². The van der Waals surface area contributed by atoms with Gasteiger partial charge in [-0.05, 0) is 0 Å². The molecule has 1 N–H and O–H groups in total. The molecule has 6 heavy (non-hydrogen) atoms. The van der Waals surface area contributed by atoms with Gasteiger partial charge < -0.3 is 5.11 Å². The summed E-state index contributed by atoms with van der Waals surface area (Å²) in [5.41, 5.74) is 0. The standard InChI is InChI=1S/C2H3ClO2.Cd/c3-1-2(4)5;/h1H2,(H,4,5);. The fraction of sp³-hybridized carbons (Fsp3) is 0.500. The van der Waals surface area contributed by atoms with Gasteiger partial charge in [0.1, 0.15) is 5.88 Å². The molecule has 0 aliphatic carbocycles. The molecule has 0 aliphatic rings. The topological polar surface area (TPSA) is 37.3 Å². The van der Waals surface area contributed by atoms with Crippen molar-refractivity contribution in [3.05, 3.63) is 0 Å². The Morgan fingerprint density at radius 3 is 2.00 bits per heavy atom. The molecule has 0 unspecified atom stereocenters. The smallest absolute Gasteiger partial charge is 0.318 e. The van der Waals surface area contributed by atoms with E-state index >= 15 is 0 Å². The summed E-state index contributed by atoms with van der Waals surface area (Å²) in [5, 5.41) is 7.59. The first kappa shape index (κ1) is 9.84. The number of aliphatic carboxylic acids is 1. The molecule has 2 nitrogen and oxygen atoms in total. The van der Waals surface area contributed by atoms with E-state index < -0.39 is 5.97 Å². The summed E-state index contributed by atoms with van der Waals surface area (Å²) >= 11 is 4.74. The number of carbonyl (C=O) groups is 1. The van der Waals surface area contributed by atoms with Crippen molar-refractivity contribution in [2.24, 2.45) is 0 Å². The van der Waals surface area contributed by atoms with Crippen LogP contribution in [-0.2, 0) is 32.1 Å². The summed E-state index contributed by atoms with van der Waals surface area (Å²) in [7, 11) is 0. The average molecular weight is 207 g/mol. The van der Waals surface area contributed by atoms with Gasteiger partial charge in [-0.15, -0.1) is 11.6 Å². The van der Waals surface area contributed by atoms with Crippen molar-refractivity contribution in [1.29, 1.82) is 0 Å². The van der Waals surface area contributed by atoms with E-state index in [1.807, 2.05) is 0 Å². The molecular formula is C2H3CdClO2. The number of hydrogen-bond donors (Lipinski definition) is 1. The largest absolute Gasteiger partial charge is 0.480 e. The van der Waals surface area contributed by atoms with Crippen molar-refractivity contribution < 1.29 is 37.2 Å². The fourth-order valence-corrected chi connectivity index (χ4v) is 0. The van der Waals surface area contributed by atoms with Crippen LogP contribution in [0.4, 0.5) is 0 Å². The molecule has 0 radical (unpaired) electrons. The van der Waals surface area contributed by atoms with E-state index in [0.717, 1.165) is 0 Å². The van der Waals surface area contributed by atoms with Crippen LogP contribution in [0.25, 0.3) is 0 Å². The number of carboxylic acids is 1. The van der Waals surface area contributed by atoms with Crippen LogP contribution in [0.2, 0.25) is 0 Å². The molecule has 0 aliphatic heterocycles. The number of rotatable bonds is 1. The minimum atomic E-state index is -0.980. The molecule has 32 valence electrons. The van der Waals surface area contributed by atoms with Gasteiger partial charge in [0.05, 0.1) is 0 Å². The Labute approximate surface area is 60.6 Å². The first-order valence-electron chi connectivity index (χ1n) is 1.05. The average Bonchev–Trinajstić information content (AvgIpc) is 1.38. The van der Waals surface area contributed by atoms with E-state index in [2.05, 4.69) is 0 Å². The molecule has 0 heterocycles. The number of hydrogen-bond acceptors (Lipinski definition) is 1. The summed E-state index contributed by atoms with van der Waals surface area (Å²) in [6, 6.07) is 0. The zero-order valence-corrected chi connectivity index (χ0v) is 7.94. The zero-order chi connectivity index (χ0) is 4.28. The molecule has 0 atom stereocenters. The van der Waals surface area contributed by atoms with Crippen molar-refractivity contribution in [2.45, 2.75) is 0 Å². The van der Waals surface area contributed by atoms with Crippen LogP contribution in [0.1, 0.15) is 0 Å². The maximum Gasteiger partial charge on any atom is 0.318 e. The second-order valence-electron chi connectivity index (χ2n) is 0.527. The van der Waals surface area contributed by atoms with Crippen molar-refractivity contribution in [2.75, 3.05) is 5.88 Å². The van der Waals surface area contributed by atoms with Crippen LogP contribution >= 0.6 is 11.6 Å². The van der Waals surface area contributed by atoms with E-state index in [1.54, 1.807) is 0 Å². The van der Waals surface area contributed by atoms with Gasteiger partial charge in [0.15, 0.2) is 0 Å². The Morgan fingerprint density at radius 1 is 1.83 bits per heavy atom. The van der Waals surface area contributed by atoms with Crippen LogP contribution in [-0.4, -0.2) is 17.0 Å². The molecule has 0 bridgehead atoms. The maximum atomic E-state index is 9.24. The third-order valence-corrected chi connectivity index (χ3v) is 0.343. The second-order valence-corrected chi connectivity index (χ2v) is 0.795. The Kier molecular flexibility index (Phi) is 9.32. The molecule has 0 aromatic carbocycles. The monoisotopic (exact) mass is 208 g/mol. The minimum Gasteiger partial charge on any atom is -0.480 e. The summed E-state index contributed by atoms with van der Waals surface area (Å²) < 4.78 is 0. The third-order valence-electron chi connectivity index (χ3n) is 0.114. The van der Waals surface area contributed by atoms with Gasteiger partial charge in [0.2, 0.25) is 0 Å². The van der Waals surface area contributed by atoms with E-state index in [9.17, 15) is 4.79 Å². The molecule has 0 spiro atoms. The number of alkyl halides is 1. The number of halogens is 1. The zero-order valence-electron chi connectivity index (χ0n) is 3.15. The van der Waals surface area contributed by atoms with Crippen LogP contribution < -0.4 is 0 Å². The number of carboxylic acid groups (broad SMARTS) is 1. The molecule has 0 amide bonds. The van der Waals surface area contributed by atoms with Crippen LogP contribution in [0.5, 0.6) is 0 Å². The maximum absolute atomic E-state index is 9.24. The Hall–Kier alpha value is 0.682. The van der Waals surface area contributed by atoms with E-state index in [4.69, 9.17) is 16.7 Å². The van der Waals surface area contributed by atoms with Gasteiger partial charge in [-0.2, -0.15) is 0 Å². The molecule has 0 rings (SSSR count). The van der Waals surface area contributed by atoms with Crippen LogP contribution in [0.3, 0.4) is 0 Å². The van der Waals surface area contributed by atoms with Gasteiger partial charge in [-0.25, -0.2) is 0 Å².